The smallest absolute Gasteiger partial charge is 0.00914 e. The van der Waals surface area contributed by atoms with Crippen molar-refractivity contribution in [2.45, 2.75) is 53.4 Å². The first kappa shape index (κ1) is 11.6. The second-order valence-electron chi connectivity index (χ2n) is 3.79. The first-order valence-electron chi connectivity index (χ1n) is 4.76. The van der Waals surface area contributed by atoms with Gasteiger partial charge in [0.1, 0.15) is 0 Å². The molecule has 1 atom stereocenters. The van der Waals surface area contributed by atoms with E-state index in [0.29, 0.717) is 0 Å². The third kappa shape index (κ3) is 3.81. The van der Waals surface area contributed by atoms with Gasteiger partial charge in [0, 0.05) is 12.8 Å². The van der Waals surface area contributed by atoms with Crippen LogP contribution in [0.2, 0.25) is 0 Å². The molecule has 0 bridgehead atoms. The monoisotopic (exact) mass is 166 g/mol. The van der Waals surface area contributed by atoms with Crippen molar-refractivity contribution in [3.8, 4) is 11.8 Å². The standard InChI is InChI=1S/C11H18.CH4/c1-10(2)11-8-6-4-3-5-7-9-11;/h10-11H,4,6-9H2,1-2H3;1H4. The molecule has 0 fully saturated rings. The Morgan fingerprint density at radius 1 is 1.08 bits per heavy atom. The minimum absolute atomic E-state index is 0. The van der Waals surface area contributed by atoms with E-state index >= 15 is 0 Å². The van der Waals surface area contributed by atoms with Gasteiger partial charge < -0.3 is 0 Å². The van der Waals surface area contributed by atoms with E-state index in [0.717, 1.165) is 24.7 Å². The summed E-state index contributed by atoms with van der Waals surface area (Å²) in [6.45, 7) is 4.67. The second kappa shape index (κ2) is 6.12. The highest BCUT2D eigenvalue weighted by Gasteiger charge is 2.12. The zero-order chi connectivity index (χ0) is 8.10. The average Bonchev–Trinajstić information content (AvgIpc) is 1.84. The fourth-order valence-corrected chi connectivity index (χ4v) is 1.70. The van der Waals surface area contributed by atoms with Gasteiger partial charge in [-0.25, -0.2) is 0 Å². The van der Waals surface area contributed by atoms with Gasteiger partial charge in [0.2, 0.25) is 0 Å². The van der Waals surface area contributed by atoms with E-state index in [1.165, 1.54) is 19.3 Å². The average molecular weight is 166 g/mol. The molecule has 1 aliphatic carbocycles. The predicted octanol–water partition coefficient (Wildman–Crippen LogP) is 3.86. The van der Waals surface area contributed by atoms with Crippen LogP contribution < -0.4 is 0 Å². The lowest BCUT2D eigenvalue weighted by Gasteiger charge is -2.19. The molecule has 1 unspecified atom stereocenters. The molecule has 1 aliphatic rings. The first-order valence-corrected chi connectivity index (χ1v) is 4.76. The van der Waals surface area contributed by atoms with Crippen LogP contribution in [0.15, 0.2) is 0 Å². The van der Waals surface area contributed by atoms with Crippen molar-refractivity contribution in [2.24, 2.45) is 11.8 Å². The lowest BCUT2D eigenvalue weighted by molar-refractivity contribution is 0.332. The SMILES string of the molecule is C.CC(C)C1CCC#CCCC1. The van der Waals surface area contributed by atoms with E-state index in [4.69, 9.17) is 0 Å². The Bertz CT molecular complexity index is 157. The van der Waals surface area contributed by atoms with Gasteiger partial charge in [-0.1, -0.05) is 21.3 Å². The highest BCUT2D eigenvalue weighted by molar-refractivity contribution is 5.00. The summed E-state index contributed by atoms with van der Waals surface area (Å²) in [4.78, 5) is 0. The molecular formula is C12H22. The summed E-state index contributed by atoms with van der Waals surface area (Å²) < 4.78 is 0. The minimum Gasteiger partial charge on any atom is -0.103 e. The van der Waals surface area contributed by atoms with Crippen LogP contribution in [0, 0.1) is 23.7 Å². The van der Waals surface area contributed by atoms with Crippen LogP contribution >= 0.6 is 0 Å². The predicted molar refractivity (Wildman–Crippen MR) is 55.9 cm³/mol. The summed E-state index contributed by atoms with van der Waals surface area (Å²) >= 11 is 0. The Kier molecular flexibility index (Phi) is 5.89. The van der Waals surface area contributed by atoms with Gasteiger partial charge in [-0.2, -0.15) is 0 Å². The maximum absolute atomic E-state index is 3.22. The van der Waals surface area contributed by atoms with Gasteiger partial charge in [0.15, 0.2) is 0 Å². The van der Waals surface area contributed by atoms with E-state index in [1.54, 1.807) is 0 Å². The fourth-order valence-electron chi connectivity index (χ4n) is 1.70. The van der Waals surface area contributed by atoms with Crippen molar-refractivity contribution in [1.82, 2.24) is 0 Å². The summed E-state index contributed by atoms with van der Waals surface area (Å²) in [7, 11) is 0. The maximum atomic E-state index is 3.22. The van der Waals surface area contributed by atoms with Crippen molar-refractivity contribution >= 4 is 0 Å². The zero-order valence-corrected chi connectivity index (χ0v) is 7.69. The normalized spacial score (nSPS) is 23.1. The molecular weight excluding hydrogens is 144 g/mol. The maximum Gasteiger partial charge on any atom is 0.00914 e. The molecule has 0 N–H and O–H groups in total. The number of hydrogen-bond acceptors (Lipinski definition) is 0. The third-order valence-electron chi connectivity index (χ3n) is 2.58. The van der Waals surface area contributed by atoms with Gasteiger partial charge in [-0.3, -0.25) is 0 Å². The van der Waals surface area contributed by atoms with Gasteiger partial charge in [0.25, 0.3) is 0 Å². The highest BCUT2D eigenvalue weighted by atomic mass is 14.2. The van der Waals surface area contributed by atoms with Crippen LogP contribution in [0.3, 0.4) is 0 Å². The summed E-state index contributed by atoms with van der Waals surface area (Å²) in [5.74, 6) is 8.21. The van der Waals surface area contributed by atoms with Gasteiger partial charge in [-0.05, 0) is 31.1 Å². The molecule has 0 aromatic rings. The molecule has 0 aliphatic heterocycles. The van der Waals surface area contributed by atoms with E-state index in [9.17, 15) is 0 Å². The Hall–Kier alpha value is -0.440. The summed E-state index contributed by atoms with van der Waals surface area (Å²) in [6, 6.07) is 0. The molecule has 0 saturated carbocycles. The molecule has 0 nitrogen and oxygen atoms in total. The number of hydrogen-bond donors (Lipinski definition) is 0. The Balaban J connectivity index is 0.00000121. The van der Waals surface area contributed by atoms with Crippen molar-refractivity contribution in [3.63, 3.8) is 0 Å². The second-order valence-corrected chi connectivity index (χ2v) is 3.79. The quantitative estimate of drug-likeness (QED) is 0.519. The Morgan fingerprint density at radius 3 is 2.42 bits per heavy atom. The fraction of sp³-hybridized carbons (Fsp3) is 0.833. The van der Waals surface area contributed by atoms with Crippen molar-refractivity contribution in [2.75, 3.05) is 0 Å². The van der Waals surface area contributed by atoms with E-state index in [2.05, 4.69) is 25.7 Å². The zero-order valence-electron chi connectivity index (χ0n) is 7.69. The molecule has 12 heavy (non-hydrogen) atoms. The van der Waals surface area contributed by atoms with Gasteiger partial charge in [0.05, 0.1) is 0 Å². The van der Waals surface area contributed by atoms with Crippen LogP contribution in [-0.4, -0.2) is 0 Å². The Morgan fingerprint density at radius 2 is 1.75 bits per heavy atom. The molecule has 0 heteroatoms. The molecule has 1 rings (SSSR count). The minimum atomic E-state index is 0. The molecule has 0 heterocycles. The van der Waals surface area contributed by atoms with Gasteiger partial charge in [-0.15, -0.1) is 11.8 Å². The highest BCUT2D eigenvalue weighted by Crippen LogP contribution is 2.23. The summed E-state index contributed by atoms with van der Waals surface area (Å²) in [5, 5.41) is 0. The van der Waals surface area contributed by atoms with Crippen LogP contribution in [0.5, 0.6) is 0 Å². The Labute approximate surface area is 77.8 Å². The molecule has 70 valence electrons. The lowest BCUT2D eigenvalue weighted by atomic mass is 9.86. The lowest BCUT2D eigenvalue weighted by Crippen LogP contribution is -2.09. The van der Waals surface area contributed by atoms with Crippen LogP contribution in [-0.2, 0) is 0 Å². The summed E-state index contributed by atoms with van der Waals surface area (Å²) in [6.07, 6.45) is 6.29. The van der Waals surface area contributed by atoms with E-state index in [1.807, 2.05) is 0 Å². The van der Waals surface area contributed by atoms with E-state index < -0.39 is 0 Å². The van der Waals surface area contributed by atoms with Crippen LogP contribution in [0.25, 0.3) is 0 Å². The molecule has 0 aromatic carbocycles. The van der Waals surface area contributed by atoms with Crippen molar-refractivity contribution in [1.29, 1.82) is 0 Å². The van der Waals surface area contributed by atoms with Crippen molar-refractivity contribution in [3.05, 3.63) is 0 Å². The third-order valence-corrected chi connectivity index (χ3v) is 2.58. The first-order chi connectivity index (χ1) is 5.30. The molecule has 0 saturated heterocycles. The van der Waals surface area contributed by atoms with Crippen LogP contribution in [0.4, 0.5) is 0 Å². The van der Waals surface area contributed by atoms with Crippen molar-refractivity contribution < 1.29 is 0 Å². The van der Waals surface area contributed by atoms with Crippen LogP contribution in [0.1, 0.15) is 53.4 Å². The molecule has 0 radical (unpaired) electrons. The molecule has 0 amide bonds. The van der Waals surface area contributed by atoms with Gasteiger partial charge >= 0.3 is 0 Å². The largest absolute Gasteiger partial charge is 0.103 e. The number of rotatable bonds is 1. The summed E-state index contributed by atoms with van der Waals surface area (Å²) in [5.41, 5.74) is 0. The topological polar surface area (TPSA) is 0 Å². The van der Waals surface area contributed by atoms with E-state index in [-0.39, 0.29) is 7.43 Å². The molecule has 0 spiro atoms. The molecule has 0 aromatic heterocycles.